The Bertz CT molecular complexity index is 723. The molecule has 0 radical (unpaired) electrons. The minimum Gasteiger partial charge on any atom is -0.495 e. The van der Waals surface area contributed by atoms with E-state index in [2.05, 4.69) is 64.8 Å². The van der Waals surface area contributed by atoms with Crippen molar-refractivity contribution in [2.24, 2.45) is 4.99 Å². The fourth-order valence-corrected chi connectivity index (χ4v) is 2.36. The van der Waals surface area contributed by atoms with Crippen LogP contribution in [0.25, 0.3) is 0 Å². The summed E-state index contributed by atoms with van der Waals surface area (Å²) >= 11 is 0. The highest BCUT2D eigenvalue weighted by molar-refractivity contribution is 5.95. The van der Waals surface area contributed by atoms with E-state index in [1.165, 1.54) is 13.4 Å². The van der Waals surface area contributed by atoms with Gasteiger partial charge < -0.3 is 28.6 Å². The zero-order chi connectivity index (χ0) is 25.6. The summed E-state index contributed by atoms with van der Waals surface area (Å²) in [5.74, 6) is 0.495. The first-order chi connectivity index (χ1) is 17.8. The number of hydrogen-bond donors (Lipinski definition) is 0. The van der Waals surface area contributed by atoms with Gasteiger partial charge in [-0.05, 0) is 32.3 Å². The fourth-order valence-electron chi connectivity index (χ4n) is 2.36. The molecule has 0 saturated carbocycles. The second kappa shape index (κ2) is 19.7. The predicted molar refractivity (Wildman–Crippen MR) is 108 cm³/mol. The Morgan fingerprint density at radius 1 is 0.778 bits per heavy atom. The monoisotopic (exact) mass is 525 g/mol. The summed E-state index contributed by atoms with van der Waals surface area (Å²) in [6.07, 6.45) is 2.17. The molecule has 1 aromatic carbocycles. The average Bonchev–Trinajstić information content (AvgIpc) is 3.33. The highest BCUT2D eigenvalue weighted by Crippen LogP contribution is 2.23. The van der Waals surface area contributed by atoms with Crippen LogP contribution in [0, 0.1) is 0 Å². The molecule has 1 heterocycles. The Morgan fingerprint density at radius 3 is 2.17 bits per heavy atom. The number of nitrogens with zero attached hydrogens (tertiary/aromatic N) is 1. The zero-order valence-electron chi connectivity index (χ0n) is 19.5. The van der Waals surface area contributed by atoms with Gasteiger partial charge in [-0.1, -0.05) is 18.2 Å². The van der Waals surface area contributed by atoms with Crippen LogP contribution in [0.5, 0.6) is 0 Å². The number of aliphatic imine (C=N–C) groups is 1. The third kappa shape index (κ3) is 13.0. The molecule has 0 aromatic heterocycles. The molecular formula is C19H27NO16. The minimum absolute atomic E-state index is 0.0761. The number of ether oxygens (including phenoxy) is 5. The van der Waals surface area contributed by atoms with Crippen molar-refractivity contribution in [1.82, 2.24) is 0 Å². The van der Waals surface area contributed by atoms with Gasteiger partial charge in [-0.25, -0.2) is 9.88 Å². The van der Waals surface area contributed by atoms with Crippen LogP contribution in [0.4, 0.5) is 0 Å². The molecule has 0 spiro atoms. The van der Waals surface area contributed by atoms with E-state index in [0.29, 0.717) is 19.1 Å². The quantitative estimate of drug-likeness (QED) is 0.0870. The van der Waals surface area contributed by atoms with Crippen LogP contribution in [0.1, 0.15) is 5.56 Å². The predicted octanol–water partition coefficient (Wildman–Crippen LogP) is 1.33. The van der Waals surface area contributed by atoms with Crippen LogP contribution in [-0.2, 0) is 78.8 Å². The van der Waals surface area contributed by atoms with Crippen molar-refractivity contribution in [3.63, 3.8) is 0 Å². The molecule has 0 saturated heterocycles. The van der Waals surface area contributed by atoms with Gasteiger partial charge in [0.2, 0.25) is 5.90 Å². The van der Waals surface area contributed by atoms with Gasteiger partial charge in [-0.3, -0.25) is 0 Å². The molecule has 0 N–H and O–H groups in total. The van der Waals surface area contributed by atoms with Crippen LogP contribution in [0.15, 0.2) is 47.8 Å². The van der Waals surface area contributed by atoms with Crippen molar-refractivity contribution < 1.29 is 78.8 Å². The third-order valence-corrected chi connectivity index (χ3v) is 3.88. The maximum atomic E-state index is 5.77. The van der Waals surface area contributed by atoms with Crippen molar-refractivity contribution >= 4 is 5.90 Å². The standard InChI is InChI=1S/C19H27NO16/c1-21-8-10-23-14-19(16-25-18(20-19)17-6-4-3-5-7-17)15-24-11-13-27-29-31-33-35-36-34-32-30-28-26-12-9-22-2/h3-7,11,13H,8-10,12,14-16H2,1-2H3/b13-11-. The normalized spacial score (nSPS) is 17.3. The first kappa shape index (κ1) is 29.7. The van der Waals surface area contributed by atoms with E-state index in [1.807, 2.05) is 30.3 Å². The maximum Gasteiger partial charge on any atom is 0.217 e. The topological polar surface area (TPSA) is 160 Å². The van der Waals surface area contributed by atoms with Gasteiger partial charge in [0.25, 0.3) is 0 Å². The van der Waals surface area contributed by atoms with E-state index < -0.39 is 5.54 Å². The molecular weight excluding hydrogens is 498 g/mol. The average molecular weight is 525 g/mol. The lowest BCUT2D eigenvalue weighted by Gasteiger charge is -2.22. The first-order valence-corrected chi connectivity index (χ1v) is 10.2. The van der Waals surface area contributed by atoms with Crippen LogP contribution < -0.4 is 0 Å². The smallest absolute Gasteiger partial charge is 0.217 e. The lowest BCUT2D eigenvalue weighted by molar-refractivity contribution is -0.853. The molecule has 0 bridgehead atoms. The van der Waals surface area contributed by atoms with Crippen LogP contribution in [0.3, 0.4) is 0 Å². The molecule has 1 unspecified atom stereocenters. The number of benzene rings is 1. The van der Waals surface area contributed by atoms with Crippen molar-refractivity contribution in [3.05, 3.63) is 48.4 Å². The largest absolute Gasteiger partial charge is 0.495 e. The SMILES string of the molecule is COCCOCC1(CO/C=C\OOOOOOOOOOOCCOC)COC(c2ccccc2)=N1. The number of methoxy groups -OCH3 is 2. The highest BCUT2D eigenvalue weighted by atomic mass is 17.9. The molecule has 1 atom stereocenters. The summed E-state index contributed by atoms with van der Waals surface area (Å²) in [6.45, 7) is 1.80. The van der Waals surface area contributed by atoms with Gasteiger partial charge in [-0.2, -0.15) is 0 Å². The number of hydrogen-bond acceptors (Lipinski definition) is 17. The van der Waals surface area contributed by atoms with Gasteiger partial charge in [0, 0.05) is 45.0 Å². The second-order valence-corrected chi connectivity index (χ2v) is 6.45. The van der Waals surface area contributed by atoms with Gasteiger partial charge in [0.05, 0.1) is 26.4 Å². The summed E-state index contributed by atoms with van der Waals surface area (Å²) in [4.78, 5) is 13.5. The molecule has 1 aliphatic heterocycles. The second-order valence-electron chi connectivity index (χ2n) is 6.45. The van der Waals surface area contributed by atoms with E-state index in [9.17, 15) is 0 Å². The Morgan fingerprint density at radius 2 is 1.44 bits per heavy atom. The minimum atomic E-state index is -0.776. The van der Waals surface area contributed by atoms with Crippen molar-refractivity contribution in [1.29, 1.82) is 0 Å². The van der Waals surface area contributed by atoms with E-state index in [4.69, 9.17) is 18.9 Å². The molecule has 36 heavy (non-hydrogen) atoms. The van der Waals surface area contributed by atoms with Crippen molar-refractivity contribution in [3.8, 4) is 0 Å². The van der Waals surface area contributed by atoms with Crippen LogP contribution in [0.2, 0.25) is 0 Å². The van der Waals surface area contributed by atoms with E-state index in [1.54, 1.807) is 7.11 Å². The summed E-state index contributed by atoms with van der Waals surface area (Å²) in [5, 5.41) is 35.0. The molecule has 0 aliphatic carbocycles. The molecule has 17 nitrogen and oxygen atoms in total. The molecule has 0 fully saturated rings. The van der Waals surface area contributed by atoms with Crippen LogP contribution in [-0.4, -0.2) is 71.9 Å². The van der Waals surface area contributed by atoms with Gasteiger partial charge in [0.15, 0.2) is 11.8 Å². The molecule has 2 rings (SSSR count). The van der Waals surface area contributed by atoms with Crippen molar-refractivity contribution in [2.75, 3.05) is 60.5 Å². The van der Waals surface area contributed by atoms with E-state index in [-0.39, 0.29) is 33.0 Å². The zero-order valence-corrected chi connectivity index (χ0v) is 19.5. The third-order valence-electron chi connectivity index (χ3n) is 3.88. The molecule has 1 aliphatic rings. The lowest BCUT2D eigenvalue weighted by atomic mass is 10.1. The summed E-state index contributed by atoms with van der Waals surface area (Å²) < 4.78 is 26.5. The van der Waals surface area contributed by atoms with Crippen molar-refractivity contribution in [2.45, 2.75) is 5.54 Å². The summed E-state index contributed by atoms with van der Waals surface area (Å²) in [5.41, 5.74) is 0.0681. The Hall–Kier alpha value is -2.49. The molecule has 1 aromatic rings. The highest BCUT2D eigenvalue weighted by Gasteiger charge is 2.38. The molecule has 17 heteroatoms. The summed E-state index contributed by atoms with van der Waals surface area (Å²) in [7, 11) is 3.06. The van der Waals surface area contributed by atoms with Gasteiger partial charge in [0.1, 0.15) is 26.1 Å². The number of rotatable bonds is 23. The van der Waals surface area contributed by atoms with E-state index >= 15 is 0 Å². The molecule has 204 valence electrons. The first-order valence-electron chi connectivity index (χ1n) is 10.2. The van der Waals surface area contributed by atoms with Crippen LogP contribution >= 0.6 is 0 Å². The fraction of sp³-hybridized carbons (Fsp3) is 0.526. The Balaban J connectivity index is 1.56. The Labute approximate surface area is 204 Å². The summed E-state index contributed by atoms with van der Waals surface area (Å²) in [6, 6.07) is 9.47. The van der Waals surface area contributed by atoms with E-state index in [0.717, 1.165) is 11.8 Å². The van der Waals surface area contributed by atoms with Gasteiger partial charge >= 0.3 is 0 Å². The molecule has 0 amide bonds. The maximum absolute atomic E-state index is 5.77. The Kier molecular flexibility index (Phi) is 16.2. The van der Waals surface area contributed by atoms with Gasteiger partial charge in [-0.15, -0.1) is 0 Å². The lowest BCUT2D eigenvalue weighted by Crippen LogP contribution is -2.39.